The van der Waals surface area contributed by atoms with Gasteiger partial charge in [-0.05, 0) is 66.2 Å². The quantitative estimate of drug-likeness (QED) is 0.129. The molecule has 0 aromatic heterocycles. The van der Waals surface area contributed by atoms with E-state index in [0.29, 0.717) is 18.7 Å². The van der Waals surface area contributed by atoms with E-state index in [1.165, 1.54) is 14.2 Å². The maximum absolute atomic E-state index is 12.1. The zero-order valence-corrected chi connectivity index (χ0v) is 33.1. The van der Waals surface area contributed by atoms with Crippen molar-refractivity contribution < 1.29 is 29.3 Å². The van der Waals surface area contributed by atoms with E-state index in [9.17, 15) is 19.8 Å². The SMILES string of the molecule is COC(=O)CN(CCC(C)(C)c1cc(SC(C)(C)Sc2cc(C(C)(C)C)c(O)c(C(C)(C)C)c2)cc(C(C)(C)C)c1O)CC(=O)OC. The molecule has 0 aliphatic heterocycles. The zero-order valence-electron chi connectivity index (χ0n) is 31.4. The Morgan fingerprint density at radius 1 is 0.617 bits per heavy atom. The fraction of sp³-hybridized carbons (Fsp3) is 0.632. The molecule has 9 heteroatoms. The Balaban J connectivity index is 2.54. The Morgan fingerprint density at radius 3 is 1.26 bits per heavy atom. The number of methoxy groups -OCH3 is 2. The minimum Gasteiger partial charge on any atom is -0.507 e. The number of phenolic OH excluding ortho intramolecular Hbond substituents is 2. The minimum absolute atomic E-state index is 0.0344. The summed E-state index contributed by atoms with van der Waals surface area (Å²) in [5, 5.41) is 22.9. The highest BCUT2D eigenvalue weighted by Gasteiger charge is 2.33. The molecule has 2 aromatic rings. The Morgan fingerprint density at radius 2 is 0.936 bits per heavy atom. The Labute approximate surface area is 292 Å². The molecule has 7 nitrogen and oxygen atoms in total. The number of phenols is 2. The maximum atomic E-state index is 12.1. The van der Waals surface area contributed by atoms with E-state index in [0.717, 1.165) is 32.0 Å². The van der Waals surface area contributed by atoms with Crippen LogP contribution in [0.1, 0.15) is 119 Å². The summed E-state index contributed by atoms with van der Waals surface area (Å²) in [7, 11) is 2.65. The molecule has 2 aromatic carbocycles. The van der Waals surface area contributed by atoms with Crippen LogP contribution in [-0.4, -0.2) is 65.0 Å². The largest absolute Gasteiger partial charge is 0.507 e. The average Bonchev–Trinajstić information content (AvgIpc) is 2.90. The summed E-state index contributed by atoms with van der Waals surface area (Å²) in [6.45, 7) is 28.0. The second kappa shape index (κ2) is 15.0. The number of nitrogens with zero attached hydrogens (tertiary/aromatic N) is 1. The average molecular weight is 690 g/mol. The van der Waals surface area contributed by atoms with E-state index in [2.05, 4.69) is 114 Å². The van der Waals surface area contributed by atoms with Crippen LogP contribution in [0.5, 0.6) is 11.5 Å². The first-order valence-corrected chi connectivity index (χ1v) is 17.8. The Kier molecular flexibility index (Phi) is 13.1. The van der Waals surface area contributed by atoms with Gasteiger partial charge in [0, 0.05) is 38.6 Å². The number of esters is 2. The summed E-state index contributed by atoms with van der Waals surface area (Å²) in [6, 6.07) is 8.43. The standard InChI is InChI=1S/C38H59NO6S2/c1-34(2,3)26-18-24(19-27(32(26)42)35(4,5)6)46-38(12,13)47-25-20-28(36(7,8)9)33(43)29(21-25)37(10,11)16-17-39(22-30(40)44-14)23-31(41)45-15/h18-21,42-43H,16-17,22-23H2,1-15H3. The van der Waals surface area contributed by atoms with Crippen LogP contribution in [0.25, 0.3) is 0 Å². The molecule has 0 spiro atoms. The number of hydrogen-bond acceptors (Lipinski definition) is 9. The first-order valence-electron chi connectivity index (χ1n) is 16.2. The predicted octanol–water partition coefficient (Wildman–Crippen LogP) is 8.93. The highest BCUT2D eigenvalue weighted by molar-refractivity contribution is 8.18. The molecule has 264 valence electrons. The van der Waals surface area contributed by atoms with Gasteiger partial charge in [-0.2, -0.15) is 0 Å². The summed E-state index contributed by atoms with van der Waals surface area (Å²) < 4.78 is 9.40. The summed E-state index contributed by atoms with van der Waals surface area (Å²) in [6.07, 6.45) is 0.572. The molecule has 2 rings (SSSR count). The van der Waals surface area contributed by atoms with Crippen LogP contribution in [-0.2, 0) is 40.7 Å². The van der Waals surface area contributed by atoms with E-state index in [-0.39, 0.29) is 39.2 Å². The number of carbonyl (C=O) groups is 2. The molecule has 2 N–H and O–H groups in total. The number of thioether (sulfide) groups is 2. The van der Waals surface area contributed by atoms with Crippen molar-refractivity contribution in [2.75, 3.05) is 33.9 Å². The lowest BCUT2D eigenvalue weighted by Gasteiger charge is -2.33. The van der Waals surface area contributed by atoms with Crippen molar-refractivity contribution in [3.63, 3.8) is 0 Å². The second-order valence-corrected chi connectivity index (χ2v) is 20.2. The van der Waals surface area contributed by atoms with Crippen LogP contribution in [0.15, 0.2) is 34.1 Å². The first kappa shape index (κ1) is 40.8. The Bertz CT molecular complexity index is 1370. The van der Waals surface area contributed by atoms with Gasteiger partial charge in [0.2, 0.25) is 0 Å². The lowest BCUT2D eigenvalue weighted by atomic mass is 9.77. The lowest BCUT2D eigenvalue weighted by Crippen LogP contribution is -2.38. The number of hydrogen-bond donors (Lipinski definition) is 2. The number of ether oxygens (including phenoxy) is 2. The van der Waals surface area contributed by atoms with Crippen molar-refractivity contribution in [1.29, 1.82) is 0 Å². The van der Waals surface area contributed by atoms with E-state index in [4.69, 9.17) is 9.47 Å². The van der Waals surface area contributed by atoms with Gasteiger partial charge in [-0.25, -0.2) is 0 Å². The smallest absolute Gasteiger partial charge is 0.319 e. The summed E-state index contributed by atoms with van der Waals surface area (Å²) in [5.74, 6) is -0.217. The van der Waals surface area contributed by atoms with Crippen molar-refractivity contribution in [1.82, 2.24) is 4.90 Å². The molecule has 0 saturated carbocycles. The number of aromatic hydroxyl groups is 2. The minimum atomic E-state index is -0.497. The van der Waals surface area contributed by atoms with Crippen molar-refractivity contribution in [3.8, 4) is 11.5 Å². The van der Waals surface area contributed by atoms with Crippen molar-refractivity contribution >= 4 is 35.5 Å². The monoisotopic (exact) mass is 689 g/mol. The van der Waals surface area contributed by atoms with Gasteiger partial charge in [0.25, 0.3) is 0 Å². The maximum Gasteiger partial charge on any atom is 0.319 e. The normalized spacial score (nSPS) is 13.2. The Hall–Kier alpha value is -2.36. The van der Waals surface area contributed by atoms with Crippen LogP contribution in [0.2, 0.25) is 0 Å². The van der Waals surface area contributed by atoms with Crippen LogP contribution < -0.4 is 0 Å². The van der Waals surface area contributed by atoms with Crippen LogP contribution >= 0.6 is 23.5 Å². The second-order valence-electron chi connectivity index (χ2n) is 16.6. The molecule has 0 aliphatic rings. The molecule has 0 fully saturated rings. The van der Waals surface area contributed by atoms with Crippen LogP contribution in [0.4, 0.5) is 0 Å². The molecular formula is C38H59NO6S2. The number of benzene rings is 2. The first-order chi connectivity index (χ1) is 21.2. The molecule has 0 radical (unpaired) electrons. The van der Waals surface area contributed by atoms with Crippen molar-refractivity contribution in [2.24, 2.45) is 0 Å². The summed E-state index contributed by atoms with van der Waals surface area (Å²) in [4.78, 5) is 28.0. The fourth-order valence-corrected chi connectivity index (χ4v) is 8.02. The number of carbonyl (C=O) groups excluding carboxylic acids is 2. The molecule has 47 heavy (non-hydrogen) atoms. The third-order valence-electron chi connectivity index (χ3n) is 8.26. The van der Waals surface area contributed by atoms with Gasteiger partial charge in [-0.1, -0.05) is 76.2 Å². The molecule has 0 atom stereocenters. The molecule has 0 saturated heterocycles. The van der Waals surface area contributed by atoms with E-state index < -0.39 is 17.4 Å². The van der Waals surface area contributed by atoms with Crippen molar-refractivity contribution in [3.05, 3.63) is 46.5 Å². The van der Waals surface area contributed by atoms with Crippen LogP contribution in [0, 0.1) is 0 Å². The molecule has 0 unspecified atom stereocenters. The fourth-order valence-electron chi connectivity index (χ4n) is 5.43. The highest BCUT2D eigenvalue weighted by Crippen LogP contribution is 2.51. The predicted molar refractivity (Wildman–Crippen MR) is 196 cm³/mol. The van der Waals surface area contributed by atoms with Gasteiger partial charge in [-0.15, -0.1) is 23.5 Å². The van der Waals surface area contributed by atoms with E-state index in [1.54, 1.807) is 28.4 Å². The molecule has 0 bridgehead atoms. The van der Waals surface area contributed by atoms with E-state index >= 15 is 0 Å². The number of rotatable bonds is 12. The molecule has 0 aliphatic carbocycles. The van der Waals surface area contributed by atoms with Gasteiger partial charge < -0.3 is 19.7 Å². The molecule has 0 heterocycles. The summed E-state index contributed by atoms with van der Waals surface area (Å²) >= 11 is 3.51. The zero-order chi connectivity index (χ0) is 36.3. The third kappa shape index (κ3) is 11.4. The third-order valence-corrected chi connectivity index (χ3v) is 10.7. The van der Waals surface area contributed by atoms with Gasteiger partial charge in [0.15, 0.2) is 0 Å². The van der Waals surface area contributed by atoms with Gasteiger partial charge in [0.1, 0.15) is 11.5 Å². The lowest BCUT2D eigenvalue weighted by molar-refractivity contribution is -0.145. The van der Waals surface area contributed by atoms with Crippen molar-refractivity contribution in [2.45, 2.75) is 132 Å². The molecule has 0 amide bonds. The topological polar surface area (TPSA) is 96.3 Å². The summed E-state index contributed by atoms with van der Waals surface area (Å²) in [5.41, 5.74) is 2.30. The molecular weight excluding hydrogens is 631 g/mol. The van der Waals surface area contributed by atoms with E-state index in [1.807, 2.05) is 0 Å². The van der Waals surface area contributed by atoms with Gasteiger partial charge >= 0.3 is 11.9 Å². The van der Waals surface area contributed by atoms with Gasteiger partial charge in [0.05, 0.1) is 31.4 Å². The van der Waals surface area contributed by atoms with Gasteiger partial charge in [-0.3, -0.25) is 14.5 Å². The highest BCUT2D eigenvalue weighted by atomic mass is 32.2. The van der Waals surface area contributed by atoms with Crippen LogP contribution in [0.3, 0.4) is 0 Å².